The van der Waals surface area contributed by atoms with Crippen LogP contribution >= 0.6 is 11.6 Å². The molecule has 2 heterocycles. The lowest BCUT2D eigenvalue weighted by Crippen LogP contribution is -2.65. The molecule has 2 aliphatic heterocycles. The van der Waals surface area contributed by atoms with Crippen molar-refractivity contribution in [2.75, 3.05) is 26.3 Å². The summed E-state index contributed by atoms with van der Waals surface area (Å²) in [6.07, 6.45) is -1.45. The maximum absolute atomic E-state index is 14.3. The van der Waals surface area contributed by atoms with Crippen molar-refractivity contribution < 1.29 is 32.2 Å². The molecule has 0 aromatic heterocycles. The van der Waals surface area contributed by atoms with Crippen molar-refractivity contribution >= 4 is 23.6 Å². The molecule has 190 valence electrons. The Morgan fingerprint density at radius 2 is 1.75 bits per heavy atom. The number of rotatable bonds is 4. The Hall–Kier alpha value is -3.17. The van der Waals surface area contributed by atoms with E-state index in [9.17, 15) is 18.0 Å². The van der Waals surface area contributed by atoms with Crippen LogP contribution in [-0.4, -0.2) is 49.2 Å². The van der Waals surface area contributed by atoms with Crippen molar-refractivity contribution in [2.45, 2.75) is 31.3 Å². The molecule has 1 unspecified atom stereocenters. The molecule has 1 saturated heterocycles. The molecule has 0 saturated carbocycles. The number of benzene rings is 2. The minimum atomic E-state index is -5.06. The Morgan fingerprint density at radius 3 is 2.47 bits per heavy atom. The van der Waals surface area contributed by atoms with Gasteiger partial charge in [-0.3, -0.25) is 10.1 Å². The molecule has 3 aliphatic rings. The molecule has 0 bridgehead atoms. The van der Waals surface area contributed by atoms with E-state index < -0.39 is 18.0 Å². The van der Waals surface area contributed by atoms with Gasteiger partial charge < -0.3 is 19.1 Å². The summed E-state index contributed by atoms with van der Waals surface area (Å²) < 4.78 is 58.6. The number of carbonyl (C=O) groups excluding carboxylic acids is 1. The van der Waals surface area contributed by atoms with Crippen molar-refractivity contribution in [3.05, 3.63) is 76.0 Å². The molecule has 0 spiro atoms. The number of halogens is 4. The van der Waals surface area contributed by atoms with Gasteiger partial charge in [0.25, 0.3) is 5.91 Å². The molecule has 6 nitrogen and oxygen atoms in total. The monoisotopic (exact) mass is 520 g/mol. The third-order valence-electron chi connectivity index (χ3n) is 6.27. The van der Waals surface area contributed by atoms with Gasteiger partial charge in [-0.2, -0.15) is 13.2 Å². The quantitative estimate of drug-likeness (QED) is 0.593. The van der Waals surface area contributed by atoms with E-state index in [0.29, 0.717) is 51.3 Å². The van der Waals surface area contributed by atoms with E-state index in [2.05, 4.69) is 0 Å². The fourth-order valence-electron chi connectivity index (χ4n) is 4.62. The molecule has 1 amide bonds. The van der Waals surface area contributed by atoms with E-state index >= 15 is 0 Å². The largest absolute Gasteiger partial charge is 0.492 e. The van der Waals surface area contributed by atoms with Gasteiger partial charge in [0.2, 0.25) is 0 Å². The average molecular weight is 521 g/mol. The fraction of sp³-hybridized carbons (Fsp3) is 0.346. The molecule has 1 fully saturated rings. The van der Waals surface area contributed by atoms with E-state index in [1.54, 1.807) is 0 Å². The van der Waals surface area contributed by atoms with Crippen LogP contribution < -0.4 is 14.8 Å². The van der Waals surface area contributed by atoms with Crippen LogP contribution in [-0.2, 0) is 9.53 Å². The van der Waals surface area contributed by atoms with Crippen molar-refractivity contribution in [1.29, 1.82) is 0 Å². The predicted octanol–water partition coefficient (Wildman–Crippen LogP) is 5.30. The highest BCUT2D eigenvalue weighted by Gasteiger charge is 2.66. The Balaban J connectivity index is 1.53. The zero-order valence-electron chi connectivity index (χ0n) is 19.2. The lowest BCUT2D eigenvalue weighted by atomic mass is 9.88. The number of allylic oxidation sites excluding steroid dienone is 1. The van der Waals surface area contributed by atoms with Crippen LogP contribution in [0.5, 0.6) is 11.5 Å². The summed E-state index contributed by atoms with van der Waals surface area (Å²) in [5.74, 6) is -4.61. The van der Waals surface area contributed by atoms with Crippen LogP contribution in [0.15, 0.2) is 65.4 Å². The lowest BCUT2D eigenvalue weighted by molar-refractivity contribution is -0.319. The number of hydrogen-bond acceptors (Lipinski definition) is 5. The molecule has 5 rings (SSSR count). The highest BCUT2D eigenvalue weighted by molar-refractivity contribution is 6.30. The summed E-state index contributed by atoms with van der Waals surface area (Å²) >= 11 is 5.91. The summed E-state index contributed by atoms with van der Waals surface area (Å²) in [7, 11) is 0. The molecule has 2 aromatic carbocycles. The number of fused-ring (bicyclic) bond motifs is 1. The first-order valence-electron chi connectivity index (χ1n) is 11.6. The summed E-state index contributed by atoms with van der Waals surface area (Å²) in [6, 6.07) is 13.5. The van der Waals surface area contributed by atoms with Gasteiger partial charge in [0.15, 0.2) is 11.5 Å². The van der Waals surface area contributed by atoms with Crippen LogP contribution in [0.1, 0.15) is 24.8 Å². The zero-order valence-corrected chi connectivity index (χ0v) is 20.0. The van der Waals surface area contributed by atoms with E-state index in [1.807, 2.05) is 46.6 Å². The predicted molar refractivity (Wildman–Crippen MR) is 127 cm³/mol. The minimum Gasteiger partial charge on any atom is -0.424 e. The Morgan fingerprint density at radius 1 is 1.03 bits per heavy atom. The van der Waals surface area contributed by atoms with Gasteiger partial charge in [0, 0.05) is 35.4 Å². The number of nitrogens with one attached hydrogen (secondary N) is 1. The van der Waals surface area contributed by atoms with Crippen molar-refractivity contribution in [3.63, 3.8) is 0 Å². The molecule has 1 N–H and O–H groups in total. The third-order valence-corrected chi connectivity index (χ3v) is 6.50. The van der Waals surface area contributed by atoms with Crippen LogP contribution in [0.3, 0.4) is 0 Å². The van der Waals surface area contributed by atoms with Gasteiger partial charge in [-0.15, -0.1) is 0 Å². The Labute approximate surface area is 211 Å². The Kier molecular flexibility index (Phi) is 6.61. The number of ether oxygens (including phenoxy) is 3. The second-order valence-corrected chi connectivity index (χ2v) is 9.16. The maximum atomic E-state index is 14.3. The molecule has 36 heavy (non-hydrogen) atoms. The summed E-state index contributed by atoms with van der Waals surface area (Å²) in [6.45, 7) is 1.98. The summed E-state index contributed by atoms with van der Waals surface area (Å²) in [4.78, 5) is 15.5. The first-order valence-corrected chi connectivity index (χ1v) is 12.0. The Bertz CT molecular complexity index is 1210. The highest BCUT2D eigenvalue weighted by atomic mass is 35.5. The molecule has 10 heteroatoms. The van der Waals surface area contributed by atoms with Gasteiger partial charge in [-0.1, -0.05) is 41.9 Å². The van der Waals surface area contributed by atoms with Crippen molar-refractivity contribution in [2.24, 2.45) is 0 Å². The van der Waals surface area contributed by atoms with E-state index in [4.69, 9.17) is 25.8 Å². The van der Waals surface area contributed by atoms with E-state index in [1.165, 1.54) is 18.2 Å². The number of nitrogens with zero attached hydrogens (tertiary/aromatic N) is 1. The molecular weight excluding hydrogens is 497 g/mol. The number of hydrogen-bond donors (Lipinski definition) is 1. The number of alkyl halides is 3. The van der Waals surface area contributed by atoms with Crippen LogP contribution in [0.2, 0.25) is 5.02 Å². The van der Waals surface area contributed by atoms with Gasteiger partial charge in [-0.25, -0.2) is 0 Å². The lowest BCUT2D eigenvalue weighted by Gasteiger charge is -2.37. The minimum absolute atomic E-state index is 0.160. The summed E-state index contributed by atoms with van der Waals surface area (Å²) in [5, 5.41) is 2.21. The number of carbonyl (C=O) groups is 1. The van der Waals surface area contributed by atoms with E-state index in [-0.39, 0.29) is 22.1 Å². The highest BCUT2D eigenvalue weighted by Crippen LogP contribution is 2.46. The molecule has 2 aromatic rings. The number of amides is 1. The van der Waals surface area contributed by atoms with Crippen LogP contribution in [0.25, 0.3) is 6.08 Å². The topological polar surface area (TPSA) is 60.0 Å². The first kappa shape index (κ1) is 24.5. The second-order valence-electron chi connectivity index (χ2n) is 8.72. The molecule has 0 radical (unpaired) electrons. The van der Waals surface area contributed by atoms with Crippen LogP contribution in [0, 0.1) is 0 Å². The van der Waals surface area contributed by atoms with Gasteiger partial charge in [-0.05, 0) is 48.6 Å². The van der Waals surface area contributed by atoms with Crippen molar-refractivity contribution in [3.8, 4) is 11.5 Å². The SMILES string of the molecule is O=C(NC1(C(F)(F)F)Oc2ccc(Cl)cc2O1)C1=C(N2CCOCC2)/C(=C/c2ccccc2)CCC1. The summed E-state index contributed by atoms with van der Waals surface area (Å²) in [5.41, 5.74) is 2.74. The van der Waals surface area contributed by atoms with Gasteiger partial charge in [0.05, 0.1) is 13.2 Å². The number of morpholine rings is 1. The zero-order chi connectivity index (χ0) is 25.3. The normalized spacial score (nSPS) is 23.2. The molecular formula is C26H24ClF3N2O4. The molecule has 1 atom stereocenters. The standard InChI is InChI=1S/C26H24ClF3N2O4/c27-19-9-10-21-22(16-19)36-26(35-21,25(28,29)30)31-24(33)20-8-4-7-18(15-17-5-2-1-3-6-17)23(20)32-11-13-34-14-12-32/h1-3,5-6,9-10,15-16H,4,7-8,11-14H2,(H,31,33)/b18-15+. The van der Waals surface area contributed by atoms with Gasteiger partial charge >= 0.3 is 12.1 Å². The average Bonchev–Trinajstić information content (AvgIpc) is 3.23. The first-order chi connectivity index (χ1) is 17.3. The maximum Gasteiger partial charge on any atom is 0.492 e. The van der Waals surface area contributed by atoms with Gasteiger partial charge in [0.1, 0.15) is 0 Å². The third kappa shape index (κ3) is 4.77. The van der Waals surface area contributed by atoms with E-state index in [0.717, 1.165) is 11.1 Å². The fourth-order valence-corrected chi connectivity index (χ4v) is 4.78. The second kappa shape index (κ2) is 9.71. The molecule has 1 aliphatic carbocycles. The smallest absolute Gasteiger partial charge is 0.424 e. The van der Waals surface area contributed by atoms with Crippen LogP contribution in [0.4, 0.5) is 13.2 Å². The van der Waals surface area contributed by atoms with Crippen molar-refractivity contribution in [1.82, 2.24) is 10.2 Å².